The van der Waals surface area contributed by atoms with Crippen molar-refractivity contribution in [1.82, 2.24) is 10.6 Å². The first-order chi connectivity index (χ1) is 8.70. The molecule has 100 valence electrons. The summed E-state index contributed by atoms with van der Waals surface area (Å²) in [6.07, 6.45) is 2.27. The number of hydrogen-bond acceptors (Lipinski definition) is 3. The molecule has 1 aliphatic heterocycles. The molecule has 1 unspecified atom stereocenters. The minimum atomic E-state index is 0.641. The highest BCUT2D eigenvalue weighted by Gasteiger charge is 2.13. The molecule has 2 rings (SSSR count). The average Bonchev–Trinajstić information content (AvgIpc) is 2.81. The summed E-state index contributed by atoms with van der Waals surface area (Å²) in [6, 6.07) is 5.05. The fourth-order valence-corrected chi connectivity index (χ4v) is 2.76. The van der Waals surface area contributed by atoms with Gasteiger partial charge in [-0.25, -0.2) is 0 Å². The van der Waals surface area contributed by atoms with Crippen LogP contribution in [0.5, 0.6) is 5.75 Å². The smallest absolute Gasteiger partial charge is 0.125 e. The first-order valence-corrected chi connectivity index (χ1v) is 6.79. The molecule has 3 nitrogen and oxygen atoms in total. The van der Waals surface area contributed by atoms with Crippen LogP contribution in [0.25, 0.3) is 0 Å². The van der Waals surface area contributed by atoms with Crippen molar-refractivity contribution in [1.29, 1.82) is 0 Å². The van der Waals surface area contributed by atoms with E-state index in [1.54, 1.807) is 7.11 Å². The van der Waals surface area contributed by atoms with Gasteiger partial charge in [-0.1, -0.05) is 17.7 Å². The van der Waals surface area contributed by atoms with Gasteiger partial charge in [0.1, 0.15) is 5.75 Å². The van der Waals surface area contributed by atoms with E-state index in [1.165, 1.54) is 23.1 Å². The summed E-state index contributed by atoms with van der Waals surface area (Å²) in [7, 11) is 1.76. The van der Waals surface area contributed by atoms with Crippen molar-refractivity contribution in [3.05, 3.63) is 28.8 Å². The number of hydrogen-bond donors (Lipinski definition) is 2. The quantitative estimate of drug-likeness (QED) is 0.834. The Hall–Kier alpha value is -1.06. The van der Waals surface area contributed by atoms with E-state index in [0.717, 1.165) is 31.8 Å². The maximum absolute atomic E-state index is 5.51. The standard InChI is InChI=1S/C15H24N2O/c1-11-8-12(2)15(18-3)13(9-11)4-7-17-14-5-6-16-10-14/h8-9,14,16-17H,4-7,10H2,1-3H3. The van der Waals surface area contributed by atoms with Crippen molar-refractivity contribution < 1.29 is 4.74 Å². The van der Waals surface area contributed by atoms with Crippen molar-refractivity contribution in [3.8, 4) is 5.75 Å². The predicted molar refractivity (Wildman–Crippen MR) is 75.4 cm³/mol. The van der Waals surface area contributed by atoms with Crippen molar-refractivity contribution in [2.24, 2.45) is 0 Å². The number of nitrogens with one attached hydrogen (secondary N) is 2. The van der Waals surface area contributed by atoms with Crippen LogP contribution in [0.1, 0.15) is 23.1 Å². The maximum atomic E-state index is 5.51. The van der Waals surface area contributed by atoms with Gasteiger partial charge in [0.2, 0.25) is 0 Å². The second-order valence-corrected chi connectivity index (χ2v) is 5.17. The first-order valence-electron chi connectivity index (χ1n) is 6.79. The molecule has 0 spiro atoms. The van der Waals surface area contributed by atoms with E-state index < -0.39 is 0 Å². The zero-order valence-corrected chi connectivity index (χ0v) is 11.7. The molecule has 0 radical (unpaired) electrons. The molecule has 0 bridgehead atoms. The van der Waals surface area contributed by atoms with Crippen LogP contribution in [0.3, 0.4) is 0 Å². The van der Waals surface area contributed by atoms with E-state index in [1.807, 2.05) is 0 Å². The maximum Gasteiger partial charge on any atom is 0.125 e. The van der Waals surface area contributed by atoms with Gasteiger partial charge in [0.25, 0.3) is 0 Å². The molecule has 0 aromatic heterocycles. The van der Waals surface area contributed by atoms with Crippen LogP contribution in [-0.4, -0.2) is 32.8 Å². The Bertz CT molecular complexity index is 398. The van der Waals surface area contributed by atoms with Gasteiger partial charge in [0.15, 0.2) is 0 Å². The number of aryl methyl sites for hydroxylation is 2. The Kier molecular flexibility index (Phi) is 4.61. The second kappa shape index (κ2) is 6.21. The molecule has 0 amide bonds. The lowest BCUT2D eigenvalue weighted by atomic mass is 10.0. The fraction of sp³-hybridized carbons (Fsp3) is 0.600. The van der Waals surface area contributed by atoms with E-state index in [9.17, 15) is 0 Å². The van der Waals surface area contributed by atoms with Gasteiger partial charge in [-0.2, -0.15) is 0 Å². The van der Waals surface area contributed by atoms with Crippen LogP contribution >= 0.6 is 0 Å². The van der Waals surface area contributed by atoms with Crippen LogP contribution in [0.15, 0.2) is 12.1 Å². The summed E-state index contributed by atoms with van der Waals surface area (Å²) in [5.74, 6) is 1.05. The normalized spacial score (nSPS) is 19.2. The van der Waals surface area contributed by atoms with Gasteiger partial charge in [-0.05, 0) is 50.9 Å². The molecule has 1 aromatic carbocycles. The zero-order chi connectivity index (χ0) is 13.0. The van der Waals surface area contributed by atoms with Gasteiger partial charge in [0.05, 0.1) is 7.11 Å². The third kappa shape index (κ3) is 3.24. The van der Waals surface area contributed by atoms with Gasteiger partial charge in [-0.15, -0.1) is 0 Å². The predicted octanol–water partition coefficient (Wildman–Crippen LogP) is 1.81. The van der Waals surface area contributed by atoms with E-state index in [0.29, 0.717) is 6.04 Å². The summed E-state index contributed by atoms with van der Waals surface area (Å²) in [4.78, 5) is 0. The third-order valence-electron chi connectivity index (χ3n) is 3.59. The highest BCUT2D eigenvalue weighted by molar-refractivity contribution is 5.43. The van der Waals surface area contributed by atoms with Crippen molar-refractivity contribution >= 4 is 0 Å². The van der Waals surface area contributed by atoms with Crippen molar-refractivity contribution in [3.63, 3.8) is 0 Å². The first kappa shape index (κ1) is 13.4. The van der Waals surface area contributed by atoms with Crippen LogP contribution < -0.4 is 15.4 Å². The van der Waals surface area contributed by atoms with Crippen LogP contribution in [0.2, 0.25) is 0 Å². The second-order valence-electron chi connectivity index (χ2n) is 5.17. The Morgan fingerprint density at radius 3 is 2.89 bits per heavy atom. The molecule has 0 aliphatic carbocycles. The number of rotatable bonds is 5. The summed E-state index contributed by atoms with van der Waals surface area (Å²) in [5, 5.41) is 6.98. The molecular formula is C15H24N2O. The summed E-state index contributed by atoms with van der Waals surface area (Å²) >= 11 is 0. The summed E-state index contributed by atoms with van der Waals surface area (Å²) in [6.45, 7) is 7.52. The van der Waals surface area contributed by atoms with Crippen molar-refractivity contribution in [2.45, 2.75) is 32.7 Å². The molecule has 1 saturated heterocycles. The third-order valence-corrected chi connectivity index (χ3v) is 3.59. The SMILES string of the molecule is COc1c(C)cc(C)cc1CCNC1CCNC1. The van der Waals surface area contributed by atoms with Crippen LogP contribution in [0.4, 0.5) is 0 Å². The van der Waals surface area contributed by atoms with Crippen LogP contribution in [0, 0.1) is 13.8 Å². The molecule has 18 heavy (non-hydrogen) atoms. The van der Waals surface area contributed by atoms with Gasteiger partial charge < -0.3 is 15.4 Å². The topological polar surface area (TPSA) is 33.3 Å². The lowest BCUT2D eigenvalue weighted by Gasteiger charge is -2.15. The van der Waals surface area contributed by atoms with Crippen LogP contribution in [-0.2, 0) is 6.42 Å². The molecule has 1 heterocycles. The molecule has 1 aliphatic rings. The van der Waals surface area contributed by atoms with E-state index in [4.69, 9.17) is 4.74 Å². The van der Waals surface area contributed by atoms with Gasteiger partial charge in [-0.3, -0.25) is 0 Å². The van der Waals surface area contributed by atoms with Gasteiger partial charge >= 0.3 is 0 Å². The number of ether oxygens (including phenoxy) is 1. The average molecular weight is 248 g/mol. The fourth-order valence-electron chi connectivity index (χ4n) is 2.76. The molecule has 0 saturated carbocycles. The highest BCUT2D eigenvalue weighted by Crippen LogP contribution is 2.25. The van der Waals surface area contributed by atoms with Gasteiger partial charge in [0, 0.05) is 12.6 Å². The lowest BCUT2D eigenvalue weighted by Crippen LogP contribution is -2.32. The highest BCUT2D eigenvalue weighted by atomic mass is 16.5. The Morgan fingerprint density at radius 2 is 2.22 bits per heavy atom. The largest absolute Gasteiger partial charge is 0.496 e. The van der Waals surface area contributed by atoms with E-state index in [2.05, 4.69) is 36.6 Å². The molecule has 1 aromatic rings. The zero-order valence-electron chi connectivity index (χ0n) is 11.7. The Labute approximate surface area is 110 Å². The minimum absolute atomic E-state index is 0.641. The van der Waals surface area contributed by atoms with E-state index in [-0.39, 0.29) is 0 Å². The minimum Gasteiger partial charge on any atom is -0.496 e. The molecule has 2 N–H and O–H groups in total. The lowest BCUT2D eigenvalue weighted by molar-refractivity contribution is 0.405. The number of benzene rings is 1. The molecule has 1 atom stereocenters. The Balaban J connectivity index is 1.95. The Morgan fingerprint density at radius 1 is 1.39 bits per heavy atom. The van der Waals surface area contributed by atoms with E-state index >= 15 is 0 Å². The molecule has 1 fully saturated rings. The number of methoxy groups -OCH3 is 1. The van der Waals surface area contributed by atoms with Crippen molar-refractivity contribution in [2.75, 3.05) is 26.7 Å². The monoisotopic (exact) mass is 248 g/mol. The summed E-state index contributed by atoms with van der Waals surface area (Å²) < 4.78 is 5.51. The molecule has 3 heteroatoms. The summed E-state index contributed by atoms with van der Waals surface area (Å²) in [5.41, 5.74) is 3.86. The molecular weight excluding hydrogens is 224 g/mol.